The molecular weight excluding hydrogens is 400 g/mol. The van der Waals surface area contributed by atoms with Gasteiger partial charge in [-0.15, -0.1) is 0 Å². The zero-order chi connectivity index (χ0) is 22.2. The minimum absolute atomic E-state index is 0.0218. The molecule has 1 aromatic rings. The van der Waals surface area contributed by atoms with E-state index in [9.17, 15) is 14.4 Å². The second kappa shape index (κ2) is 11.0. The van der Waals surface area contributed by atoms with Gasteiger partial charge in [0.1, 0.15) is 0 Å². The molecule has 0 aromatic heterocycles. The first-order valence-corrected chi connectivity index (χ1v) is 10.9. The normalized spacial score (nSPS) is 17.9. The molecule has 0 bridgehead atoms. The van der Waals surface area contributed by atoms with Gasteiger partial charge in [-0.1, -0.05) is 0 Å². The van der Waals surface area contributed by atoms with Crippen molar-refractivity contribution in [1.82, 2.24) is 9.80 Å². The number of nitrogens with zero attached hydrogens (tertiary/aromatic N) is 3. The lowest BCUT2D eigenvalue weighted by atomic mass is 9.96. The fraction of sp³-hybridized carbons (Fsp3) is 0.591. The third kappa shape index (κ3) is 6.33. The van der Waals surface area contributed by atoms with Crippen LogP contribution in [-0.4, -0.2) is 87.3 Å². The molecule has 0 unspecified atom stereocenters. The summed E-state index contributed by atoms with van der Waals surface area (Å²) in [4.78, 5) is 41.8. The van der Waals surface area contributed by atoms with Crippen molar-refractivity contribution in [2.75, 3.05) is 69.7 Å². The number of methoxy groups -OCH3 is 1. The number of anilines is 2. The second-order valence-corrected chi connectivity index (χ2v) is 7.84. The highest BCUT2D eigenvalue weighted by Crippen LogP contribution is 2.22. The van der Waals surface area contributed by atoms with Gasteiger partial charge in [-0.3, -0.25) is 14.5 Å². The van der Waals surface area contributed by atoms with Crippen molar-refractivity contribution >= 4 is 29.3 Å². The molecule has 1 N–H and O–H groups in total. The Morgan fingerprint density at radius 2 is 1.65 bits per heavy atom. The van der Waals surface area contributed by atoms with Crippen LogP contribution in [0.4, 0.5) is 16.2 Å². The zero-order valence-corrected chi connectivity index (χ0v) is 18.3. The fourth-order valence-electron chi connectivity index (χ4n) is 3.96. The molecule has 2 aliphatic rings. The number of piperazine rings is 1. The number of amides is 2. The average Bonchev–Trinajstić information content (AvgIpc) is 2.80. The largest absolute Gasteiger partial charge is 0.468 e. The van der Waals surface area contributed by atoms with Gasteiger partial charge in [0, 0.05) is 43.5 Å². The minimum Gasteiger partial charge on any atom is -0.468 e. The van der Waals surface area contributed by atoms with Gasteiger partial charge in [-0.05, 0) is 57.1 Å². The van der Waals surface area contributed by atoms with Crippen molar-refractivity contribution in [3.63, 3.8) is 0 Å². The number of esters is 1. The average molecular weight is 433 g/mol. The van der Waals surface area contributed by atoms with Gasteiger partial charge >= 0.3 is 12.1 Å². The maximum absolute atomic E-state index is 12.6. The van der Waals surface area contributed by atoms with Crippen LogP contribution in [0.25, 0.3) is 0 Å². The van der Waals surface area contributed by atoms with E-state index in [4.69, 9.17) is 9.47 Å². The highest BCUT2D eigenvalue weighted by atomic mass is 16.6. The molecule has 170 valence electrons. The molecule has 0 saturated carbocycles. The minimum atomic E-state index is -0.253. The number of benzene rings is 1. The standard InChI is InChI=1S/C22H32N4O5/c1-3-31-22(29)26-14-12-25(13-15-26)19-6-4-18(5-7-19)23-21(28)17-8-10-24(11-9-17)16-20(27)30-2/h4-7,17H,3,8-16H2,1-2H3,(H,23,28). The Labute approximate surface area is 183 Å². The van der Waals surface area contributed by atoms with Crippen molar-refractivity contribution in [3.05, 3.63) is 24.3 Å². The Kier molecular flexibility index (Phi) is 8.11. The lowest BCUT2D eigenvalue weighted by molar-refractivity contribution is -0.142. The van der Waals surface area contributed by atoms with Crippen molar-refractivity contribution in [2.45, 2.75) is 19.8 Å². The quantitative estimate of drug-likeness (QED) is 0.685. The number of carbonyl (C=O) groups is 3. The molecule has 3 rings (SSSR count). The van der Waals surface area contributed by atoms with Crippen LogP contribution in [-0.2, 0) is 19.1 Å². The summed E-state index contributed by atoms with van der Waals surface area (Å²) in [6, 6.07) is 7.82. The van der Waals surface area contributed by atoms with Gasteiger partial charge in [0.2, 0.25) is 5.91 Å². The van der Waals surface area contributed by atoms with E-state index in [1.165, 1.54) is 7.11 Å². The van der Waals surface area contributed by atoms with Crippen LogP contribution in [0.15, 0.2) is 24.3 Å². The molecule has 1 aromatic carbocycles. The van der Waals surface area contributed by atoms with Crippen LogP contribution in [0.2, 0.25) is 0 Å². The lowest BCUT2D eigenvalue weighted by Gasteiger charge is -2.35. The second-order valence-electron chi connectivity index (χ2n) is 7.84. The van der Waals surface area contributed by atoms with Crippen LogP contribution in [0, 0.1) is 5.92 Å². The number of likely N-dealkylation sites (tertiary alicyclic amines) is 1. The van der Waals surface area contributed by atoms with Crippen molar-refractivity contribution in [3.8, 4) is 0 Å². The first kappa shape index (κ1) is 22.9. The molecule has 0 radical (unpaired) electrons. The van der Waals surface area contributed by atoms with Crippen LogP contribution in [0.5, 0.6) is 0 Å². The van der Waals surface area contributed by atoms with Crippen LogP contribution < -0.4 is 10.2 Å². The van der Waals surface area contributed by atoms with E-state index in [0.29, 0.717) is 32.8 Å². The van der Waals surface area contributed by atoms with Crippen molar-refractivity contribution in [1.29, 1.82) is 0 Å². The van der Waals surface area contributed by atoms with E-state index in [1.54, 1.807) is 4.90 Å². The summed E-state index contributed by atoms with van der Waals surface area (Å²) < 4.78 is 9.76. The molecule has 9 nitrogen and oxygen atoms in total. The van der Waals surface area contributed by atoms with E-state index >= 15 is 0 Å². The van der Waals surface area contributed by atoms with Gasteiger partial charge in [0.15, 0.2) is 0 Å². The molecule has 31 heavy (non-hydrogen) atoms. The molecule has 2 fully saturated rings. The number of ether oxygens (including phenoxy) is 2. The Hall–Kier alpha value is -2.81. The number of nitrogens with one attached hydrogen (secondary N) is 1. The molecule has 0 atom stereocenters. The topological polar surface area (TPSA) is 91.4 Å². The van der Waals surface area contributed by atoms with E-state index in [-0.39, 0.29) is 30.4 Å². The predicted molar refractivity (Wildman–Crippen MR) is 117 cm³/mol. The predicted octanol–water partition coefficient (Wildman–Crippen LogP) is 1.79. The summed E-state index contributed by atoms with van der Waals surface area (Å²) in [5.41, 5.74) is 1.84. The van der Waals surface area contributed by atoms with E-state index in [0.717, 1.165) is 37.3 Å². The van der Waals surface area contributed by atoms with Crippen LogP contribution in [0.1, 0.15) is 19.8 Å². The van der Waals surface area contributed by atoms with Gasteiger partial charge in [-0.2, -0.15) is 0 Å². The van der Waals surface area contributed by atoms with Gasteiger partial charge < -0.3 is 24.6 Å². The van der Waals surface area contributed by atoms with E-state index in [1.807, 2.05) is 36.1 Å². The fourth-order valence-corrected chi connectivity index (χ4v) is 3.96. The summed E-state index contributed by atoms with van der Waals surface area (Å²) in [5.74, 6) is -0.275. The Morgan fingerprint density at radius 3 is 2.23 bits per heavy atom. The molecule has 0 spiro atoms. The molecule has 2 amide bonds. The van der Waals surface area contributed by atoms with E-state index in [2.05, 4.69) is 10.2 Å². The van der Waals surface area contributed by atoms with Crippen molar-refractivity contribution in [2.24, 2.45) is 5.92 Å². The maximum Gasteiger partial charge on any atom is 0.409 e. The van der Waals surface area contributed by atoms with Crippen LogP contribution in [0.3, 0.4) is 0 Å². The molecule has 0 aliphatic carbocycles. The third-order valence-corrected chi connectivity index (χ3v) is 5.84. The molecule has 2 heterocycles. The first-order valence-electron chi connectivity index (χ1n) is 10.9. The van der Waals surface area contributed by atoms with Crippen LogP contribution >= 0.6 is 0 Å². The summed E-state index contributed by atoms with van der Waals surface area (Å²) in [7, 11) is 1.39. The zero-order valence-electron chi connectivity index (χ0n) is 18.3. The number of rotatable bonds is 6. The Bertz CT molecular complexity index is 754. The molecule has 2 saturated heterocycles. The highest BCUT2D eigenvalue weighted by molar-refractivity contribution is 5.92. The van der Waals surface area contributed by atoms with Gasteiger partial charge in [0.25, 0.3) is 0 Å². The smallest absolute Gasteiger partial charge is 0.409 e. The first-order chi connectivity index (χ1) is 15.0. The third-order valence-electron chi connectivity index (χ3n) is 5.84. The molecule has 2 aliphatic heterocycles. The number of hydrogen-bond donors (Lipinski definition) is 1. The lowest BCUT2D eigenvalue weighted by Crippen LogP contribution is -2.49. The monoisotopic (exact) mass is 432 g/mol. The summed E-state index contributed by atoms with van der Waals surface area (Å²) in [6.07, 6.45) is 1.20. The Morgan fingerprint density at radius 1 is 1.00 bits per heavy atom. The maximum atomic E-state index is 12.6. The number of hydrogen-bond acceptors (Lipinski definition) is 7. The van der Waals surface area contributed by atoms with Gasteiger partial charge in [-0.25, -0.2) is 4.79 Å². The van der Waals surface area contributed by atoms with Crippen molar-refractivity contribution < 1.29 is 23.9 Å². The Balaban J connectivity index is 1.44. The summed E-state index contributed by atoms with van der Waals surface area (Å²) in [6.45, 7) is 6.65. The molecule has 9 heteroatoms. The number of piperidine rings is 1. The van der Waals surface area contributed by atoms with Gasteiger partial charge in [0.05, 0.1) is 20.3 Å². The highest BCUT2D eigenvalue weighted by Gasteiger charge is 2.26. The summed E-state index contributed by atoms with van der Waals surface area (Å²) in [5, 5.41) is 3.01. The molecular formula is C22H32N4O5. The SMILES string of the molecule is CCOC(=O)N1CCN(c2ccc(NC(=O)C3CCN(CC(=O)OC)CC3)cc2)CC1. The van der Waals surface area contributed by atoms with E-state index < -0.39 is 0 Å². The summed E-state index contributed by atoms with van der Waals surface area (Å²) >= 11 is 0. The number of carbonyl (C=O) groups excluding carboxylic acids is 3.